The second-order valence-corrected chi connectivity index (χ2v) is 6.74. The van der Waals surface area contributed by atoms with E-state index in [2.05, 4.69) is 22.1 Å². The third kappa shape index (κ3) is 3.82. The van der Waals surface area contributed by atoms with E-state index >= 15 is 0 Å². The van der Waals surface area contributed by atoms with Gasteiger partial charge in [0.05, 0.1) is 0 Å². The Morgan fingerprint density at radius 1 is 1.03 bits per heavy atom. The molecule has 0 radical (unpaired) electrons. The van der Waals surface area contributed by atoms with Gasteiger partial charge in [0.25, 0.3) is 11.6 Å². The van der Waals surface area contributed by atoms with Crippen LogP contribution in [0.25, 0.3) is 22.2 Å². The SMILES string of the molecule is CCc1cc(=O)oc2nc(OC(C)c3ccc(-c4ccccc4)cc3)[nH]c(=O)c12. The number of benzene rings is 2. The summed E-state index contributed by atoms with van der Waals surface area (Å²) in [6.45, 7) is 3.72. The van der Waals surface area contributed by atoms with Crippen LogP contribution < -0.4 is 15.9 Å². The number of hydrogen-bond donors (Lipinski definition) is 1. The molecule has 29 heavy (non-hydrogen) atoms. The molecule has 0 spiro atoms. The van der Waals surface area contributed by atoms with Gasteiger partial charge in [-0.05, 0) is 35.6 Å². The topological polar surface area (TPSA) is 85.2 Å². The van der Waals surface area contributed by atoms with Crippen LogP contribution in [0.5, 0.6) is 6.01 Å². The first-order chi connectivity index (χ1) is 14.0. The summed E-state index contributed by atoms with van der Waals surface area (Å²) in [4.78, 5) is 31.0. The number of aromatic nitrogens is 2. The second kappa shape index (κ2) is 7.75. The fourth-order valence-electron chi connectivity index (χ4n) is 3.28. The van der Waals surface area contributed by atoms with Crippen molar-refractivity contribution in [2.45, 2.75) is 26.4 Å². The first kappa shape index (κ1) is 18.7. The molecule has 4 aromatic rings. The number of aromatic amines is 1. The smallest absolute Gasteiger partial charge is 0.337 e. The van der Waals surface area contributed by atoms with Crippen LogP contribution >= 0.6 is 0 Å². The molecule has 0 saturated heterocycles. The Bertz CT molecular complexity index is 1260. The number of hydrogen-bond acceptors (Lipinski definition) is 5. The van der Waals surface area contributed by atoms with E-state index in [-0.39, 0.29) is 23.2 Å². The number of nitrogens with zero attached hydrogens (tertiary/aromatic N) is 1. The van der Waals surface area contributed by atoms with Gasteiger partial charge in [0.2, 0.25) is 5.71 Å². The third-order valence-corrected chi connectivity index (χ3v) is 4.83. The lowest BCUT2D eigenvalue weighted by atomic mass is 10.0. The van der Waals surface area contributed by atoms with Crippen LogP contribution in [0.4, 0.5) is 0 Å². The van der Waals surface area contributed by atoms with Crippen LogP contribution in [-0.4, -0.2) is 9.97 Å². The molecule has 0 aliphatic rings. The van der Waals surface area contributed by atoms with E-state index in [1.165, 1.54) is 6.07 Å². The molecule has 2 aromatic heterocycles. The molecule has 146 valence electrons. The average molecular weight is 388 g/mol. The summed E-state index contributed by atoms with van der Waals surface area (Å²) in [7, 11) is 0. The summed E-state index contributed by atoms with van der Waals surface area (Å²) in [5, 5.41) is 0.277. The van der Waals surface area contributed by atoms with E-state index in [9.17, 15) is 9.59 Å². The highest BCUT2D eigenvalue weighted by Gasteiger charge is 2.15. The largest absolute Gasteiger partial charge is 0.457 e. The molecular formula is C23H20N2O4. The highest BCUT2D eigenvalue weighted by molar-refractivity contribution is 5.75. The fourth-order valence-corrected chi connectivity index (χ4v) is 3.28. The number of rotatable bonds is 5. The van der Waals surface area contributed by atoms with Gasteiger partial charge < -0.3 is 9.15 Å². The van der Waals surface area contributed by atoms with Crippen molar-refractivity contribution in [1.82, 2.24) is 9.97 Å². The lowest BCUT2D eigenvalue weighted by Gasteiger charge is -2.14. The minimum Gasteiger partial charge on any atom is -0.457 e. The standard InChI is InChI=1S/C23H20N2O4/c1-3-15-13-19(26)29-22-20(15)21(27)24-23(25-22)28-14(2)16-9-11-18(12-10-16)17-7-5-4-6-8-17/h4-14H,3H2,1-2H3,(H,24,25,27). The van der Waals surface area contributed by atoms with E-state index < -0.39 is 11.2 Å². The fraction of sp³-hybridized carbons (Fsp3) is 0.174. The molecular weight excluding hydrogens is 368 g/mol. The number of ether oxygens (including phenoxy) is 1. The molecule has 0 amide bonds. The van der Waals surface area contributed by atoms with Crippen molar-refractivity contribution < 1.29 is 9.15 Å². The van der Waals surface area contributed by atoms with Crippen LogP contribution in [0.3, 0.4) is 0 Å². The van der Waals surface area contributed by atoms with Crippen molar-refractivity contribution >= 4 is 11.1 Å². The molecule has 0 aliphatic heterocycles. The Kier molecular flexibility index (Phi) is 4.99. The molecule has 0 aliphatic carbocycles. The minimum atomic E-state index is -0.539. The zero-order valence-electron chi connectivity index (χ0n) is 16.1. The number of nitrogens with one attached hydrogen (secondary N) is 1. The molecule has 2 heterocycles. The van der Waals surface area contributed by atoms with Crippen LogP contribution in [0, 0.1) is 0 Å². The van der Waals surface area contributed by atoms with Crippen molar-refractivity contribution in [3.8, 4) is 17.1 Å². The van der Waals surface area contributed by atoms with E-state index in [4.69, 9.17) is 9.15 Å². The van der Waals surface area contributed by atoms with Gasteiger partial charge in [0, 0.05) is 6.07 Å². The van der Waals surface area contributed by atoms with E-state index in [1.54, 1.807) is 0 Å². The van der Waals surface area contributed by atoms with Crippen LogP contribution in [0.15, 0.2) is 74.7 Å². The first-order valence-electron chi connectivity index (χ1n) is 9.44. The normalized spacial score (nSPS) is 12.1. The second-order valence-electron chi connectivity index (χ2n) is 6.74. The van der Waals surface area contributed by atoms with Gasteiger partial charge in [0.1, 0.15) is 11.5 Å². The maximum atomic E-state index is 12.5. The number of fused-ring (bicyclic) bond motifs is 1. The monoisotopic (exact) mass is 388 g/mol. The van der Waals surface area contributed by atoms with Gasteiger partial charge >= 0.3 is 5.63 Å². The quantitative estimate of drug-likeness (QED) is 0.553. The minimum absolute atomic E-state index is 0.0125. The Hall–Kier alpha value is -3.67. The highest BCUT2D eigenvalue weighted by Crippen LogP contribution is 2.24. The molecule has 2 aromatic carbocycles. The molecule has 0 fully saturated rings. The summed E-state index contributed by atoms with van der Waals surface area (Å²) in [6, 6.07) is 19.4. The molecule has 4 rings (SSSR count). The van der Waals surface area contributed by atoms with Crippen molar-refractivity contribution in [3.63, 3.8) is 0 Å². The molecule has 6 heteroatoms. The van der Waals surface area contributed by atoms with Gasteiger partial charge in [-0.2, -0.15) is 4.98 Å². The van der Waals surface area contributed by atoms with Crippen LogP contribution in [-0.2, 0) is 6.42 Å². The van der Waals surface area contributed by atoms with Gasteiger partial charge in [-0.3, -0.25) is 9.78 Å². The lowest BCUT2D eigenvalue weighted by Crippen LogP contribution is -2.16. The van der Waals surface area contributed by atoms with E-state index in [1.807, 2.05) is 56.3 Å². The van der Waals surface area contributed by atoms with Crippen LogP contribution in [0.2, 0.25) is 0 Å². The first-order valence-corrected chi connectivity index (χ1v) is 9.44. The number of aryl methyl sites for hydroxylation is 1. The molecule has 0 bridgehead atoms. The predicted octanol–water partition coefficient (Wildman–Crippen LogP) is 4.25. The maximum absolute atomic E-state index is 12.5. The lowest BCUT2D eigenvalue weighted by molar-refractivity contribution is 0.207. The predicted molar refractivity (Wildman–Crippen MR) is 111 cm³/mol. The Labute approximate surface area is 166 Å². The van der Waals surface area contributed by atoms with Crippen molar-refractivity contribution in [1.29, 1.82) is 0 Å². The Morgan fingerprint density at radius 2 is 1.72 bits per heavy atom. The third-order valence-electron chi connectivity index (χ3n) is 4.83. The molecule has 1 N–H and O–H groups in total. The summed E-state index contributed by atoms with van der Waals surface area (Å²) in [6.07, 6.45) is 0.165. The van der Waals surface area contributed by atoms with Crippen molar-refractivity contribution in [3.05, 3.63) is 92.6 Å². The van der Waals surface area contributed by atoms with E-state index in [0.717, 1.165) is 16.7 Å². The molecule has 1 atom stereocenters. The van der Waals surface area contributed by atoms with Crippen molar-refractivity contribution in [2.24, 2.45) is 0 Å². The molecule has 0 saturated carbocycles. The molecule has 6 nitrogen and oxygen atoms in total. The Balaban J connectivity index is 1.61. The van der Waals surface area contributed by atoms with E-state index in [0.29, 0.717) is 12.0 Å². The van der Waals surface area contributed by atoms with Crippen molar-refractivity contribution in [2.75, 3.05) is 0 Å². The number of H-pyrrole nitrogens is 1. The van der Waals surface area contributed by atoms with Gasteiger partial charge in [0.15, 0.2) is 0 Å². The summed E-state index contributed by atoms with van der Waals surface area (Å²) in [5.74, 6) is 0. The maximum Gasteiger partial charge on any atom is 0.337 e. The van der Waals surface area contributed by atoms with Gasteiger partial charge in [-0.15, -0.1) is 0 Å². The van der Waals surface area contributed by atoms with Gasteiger partial charge in [-0.1, -0.05) is 61.5 Å². The summed E-state index contributed by atoms with van der Waals surface area (Å²) in [5.41, 5.74) is 2.82. The zero-order valence-corrected chi connectivity index (χ0v) is 16.1. The Morgan fingerprint density at radius 3 is 2.41 bits per heavy atom. The summed E-state index contributed by atoms with van der Waals surface area (Å²) < 4.78 is 10.9. The zero-order chi connectivity index (χ0) is 20.4. The highest BCUT2D eigenvalue weighted by atomic mass is 16.5. The molecule has 1 unspecified atom stereocenters. The summed E-state index contributed by atoms with van der Waals surface area (Å²) >= 11 is 0. The van der Waals surface area contributed by atoms with Crippen LogP contribution in [0.1, 0.15) is 31.1 Å². The average Bonchev–Trinajstić information content (AvgIpc) is 2.73. The van der Waals surface area contributed by atoms with Gasteiger partial charge in [-0.25, -0.2) is 4.79 Å².